The van der Waals surface area contributed by atoms with Crippen molar-refractivity contribution >= 4 is 41.3 Å². The minimum absolute atomic E-state index is 0. The summed E-state index contributed by atoms with van der Waals surface area (Å²) in [4.78, 5) is 11.2. The highest BCUT2D eigenvalue weighted by molar-refractivity contribution is 14.0. The molecule has 1 unspecified atom stereocenters. The molecule has 1 atom stereocenters. The Labute approximate surface area is 155 Å². The quantitative estimate of drug-likeness (QED) is 0.391. The van der Waals surface area contributed by atoms with E-state index in [1.54, 1.807) is 11.3 Å². The van der Waals surface area contributed by atoms with Crippen LogP contribution in [0.25, 0.3) is 0 Å². The van der Waals surface area contributed by atoms with E-state index in [0.717, 1.165) is 42.2 Å². The molecular weight excluding hydrogens is 409 g/mol. The second kappa shape index (κ2) is 9.67. The van der Waals surface area contributed by atoms with Crippen LogP contribution in [0.5, 0.6) is 0 Å². The lowest BCUT2D eigenvalue weighted by atomic mass is 10.3. The van der Waals surface area contributed by atoms with Crippen LogP contribution in [-0.2, 0) is 6.42 Å². The van der Waals surface area contributed by atoms with E-state index >= 15 is 0 Å². The Morgan fingerprint density at radius 2 is 2.23 bits per heavy atom. The van der Waals surface area contributed by atoms with Crippen molar-refractivity contribution in [3.63, 3.8) is 0 Å². The predicted molar refractivity (Wildman–Crippen MR) is 106 cm³/mol. The van der Waals surface area contributed by atoms with Crippen LogP contribution in [0.3, 0.4) is 0 Å². The molecular formula is C15H28IN5S. The Kier molecular flexibility index (Phi) is 8.63. The normalized spacial score (nSPS) is 16.3. The number of hydrogen-bond donors (Lipinski definition) is 2. The van der Waals surface area contributed by atoms with Gasteiger partial charge in [-0.2, -0.15) is 0 Å². The first-order chi connectivity index (χ1) is 10.1. The van der Waals surface area contributed by atoms with Crippen LogP contribution in [0.1, 0.15) is 30.5 Å². The molecule has 0 aliphatic heterocycles. The highest BCUT2D eigenvalue weighted by Crippen LogP contribution is 2.26. The maximum atomic E-state index is 4.47. The summed E-state index contributed by atoms with van der Waals surface area (Å²) in [5, 5.41) is 10.0. The van der Waals surface area contributed by atoms with Gasteiger partial charge in [-0.3, -0.25) is 9.89 Å². The SMILES string of the molecule is CN=C(NCCc1csc(C)n1)NCC(C)N(C)C1CC1.I. The van der Waals surface area contributed by atoms with Crippen molar-refractivity contribution < 1.29 is 0 Å². The monoisotopic (exact) mass is 437 g/mol. The van der Waals surface area contributed by atoms with E-state index in [1.165, 1.54) is 12.8 Å². The van der Waals surface area contributed by atoms with Crippen LogP contribution < -0.4 is 10.6 Å². The molecule has 22 heavy (non-hydrogen) atoms. The van der Waals surface area contributed by atoms with Gasteiger partial charge >= 0.3 is 0 Å². The second-order valence-corrected chi connectivity index (χ2v) is 6.80. The van der Waals surface area contributed by atoms with E-state index in [1.807, 2.05) is 14.0 Å². The molecule has 0 amide bonds. The first-order valence-corrected chi connectivity index (χ1v) is 8.55. The van der Waals surface area contributed by atoms with Gasteiger partial charge in [0.2, 0.25) is 0 Å². The van der Waals surface area contributed by atoms with Crippen LogP contribution in [0, 0.1) is 6.92 Å². The molecule has 2 rings (SSSR count). The van der Waals surface area contributed by atoms with Gasteiger partial charge in [-0.1, -0.05) is 0 Å². The van der Waals surface area contributed by atoms with E-state index in [9.17, 15) is 0 Å². The molecule has 1 aliphatic carbocycles. The molecule has 1 aliphatic rings. The topological polar surface area (TPSA) is 52.6 Å². The highest BCUT2D eigenvalue weighted by Gasteiger charge is 2.28. The number of aliphatic imine (C=N–C) groups is 1. The fourth-order valence-corrected chi connectivity index (χ4v) is 2.93. The van der Waals surface area contributed by atoms with E-state index in [-0.39, 0.29) is 24.0 Å². The first kappa shape index (κ1) is 19.6. The summed E-state index contributed by atoms with van der Waals surface area (Å²) in [5.74, 6) is 0.873. The highest BCUT2D eigenvalue weighted by atomic mass is 127. The van der Waals surface area contributed by atoms with Gasteiger partial charge in [0, 0.05) is 44.0 Å². The van der Waals surface area contributed by atoms with Gasteiger partial charge in [-0.25, -0.2) is 4.98 Å². The van der Waals surface area contributed by atoms with Gasteiger partial charge in [0.25, 0.3) is 0 Å². The maximum absolute atomic E-state index is 4.47. The zero-order chi connectivity index (χ0) is 15.2. The Bertz CT molecular complexity index is 472. The van der Waals surface area contributed by atoms with Crippen molar-refractivity contribution in [2.45, 2.75) is 45.2 Å². The number of aryl methyl sites for hydroxylation is 1. The van der Waals surface area contributed by atoms with Crippen LogP contribution in [0.2, 0.25) is 0 Å². The third-order valence-electron chi connectivity index (χ3n) is 3.95. The lowest BCUT2D eigenvalue weighted by molar-refractivity contribution is 0.247. The maximum Gasteiger partial charge on any atom is 0.191 e. The number of hydrogen-bond acceptors (Lipinski definition) is 4. The lowest BCUT2D eigenvalue weighted by Gasteiger charge is -2.25. The molecule has 2 N–H and O–H groups in total. The zero-order valence-corrected chi connectivity index (χ0v) is 17.1. The van der Waals surface area contributed by atoms with Gasteiger partial charge in [-0.05, 0) is 33.7 Å². The number of aromatic nitrogens is 1. The van der Waals surface area contributed by atoms with Gasteiger partial charge in [-0.15, -0.1) is 35.3 Å². The van der Waals surface area contributed by atoms with Crippen LogP contribution in [0.4, 0.5) is 0 Å². The number of likely N-dealkylation sites (N-methyl/N-ethyl adjacent to an activating group) is 1. The van der Waals surface area contributed by atoms with E-state index in [2.05, 4.69) is 44.9 Å². The minimum Gasteiger partial charge on any atom is -0.356 e. The van der Waals surface area contributed by atoms with Crippen molar-refractivity contribution in [1.82, 2.24) is 20.5 Å². The van der Waals surface area contributed by atoms with E-state index in [4.69, 9.17) is 0 Å². The minimum atomic E-state index is 0. The number of halogens is 1. The molecule has 0 aromatic carbocycles. The first-order valence-electron chi connectivity index (χ1n) is 7.67. The number of nitrogens with zero attached hydrogens (tertiary/aromatic N) is 3. The van der Waals surface area contributed by atoms with Gasteiger partial charge in [0.05, 0.1) is 10.7 Å². The molecule has 0 radical (unpaired) electrons. The standard InChI is InChI=1S/C15H27N5S.HI/c1-11(20(4)14-5-6-14)9-18-15(16-3)17-8-7-13-10-21-12(2)19-13;/h10-11,14H,5-9H2,1-4H3,(H2,16,17,18);1H. The summed E-state index contributed by atoms with van der Waals surface area (Å²) < 4.78 is 0. The van der Waals surface area contributed by atoms with Gasteiger partial charge in [0.1, 0.15) is 0 Å². The van der Waals surface area contributed by atoms with E-state index < -0.39 is 0 Å². The molecule has 7 heteroatoms. The lowest BCUT2D eigenvalue weighted by Crippen LogP contribution is -2.45. The Balaban J connectivity index is 0.00000242. The molecule has 1 aromatic rings. The largest absolute Gasteiger partial charge is 0.356 e. The molecule has 5 nitrogen and oxygen atoms in total. The van der Waals surface area contributed by atoms with Crippen molar-refractivity contribution in [2.24, 2.45) is 4.99 Å². The summed E-state index contributed by atoms with van der Waals surface area (Å²) >= 11 is 1.70. The van der Waals surface area contributed by atoms with Crippen LogP contribution >= 0.6 is 35.3 Å². The number of rotatable bonds is 7. The Morgan fingerprint density at radius 1 is 1.50 bits per heavy atom. The predicted octanol–water partition coefficient (Wildman–Crippen LogP) is 2.26. The summed E-state index contributed by atoms with van der Waals surface area (Å²) in [6.45, 7) is 6.08. The van der Waals surface area contributed by atoms with Crippen molar-refractivity contribution in [3.05, 3.63) is 16.1 Å². The molecule has 0 bridgehead atoms. The smallest absolute Gasteiger partial charge is 0.191 e. The average Bonchev–Trinajstić information content (AvgIpc) is 3.24. The molecule has 126 valence electrons. The molecule has 1 heterocycles. The fraction of sp³-hybridized carbons (Fsp3) is 0.733. The van der Waals surface area contributed by atoms with Gasteiger partial charge in [0.15, 0.2) is 5.96 Å². The van der Waals surface area contributed by atoms with Gasteiger partial charge < -0.3 is 10.6 Å². The fourth-order valence-electron chi connectivity index (χ4n) is 2.28. The number of nitrogens with one attached hydrogen (secondary N) is 2. The Morgan fingerprint density at radius 3 is 2.77 bits per heavy atom. The summed E-state index contributed by atoms with van der Waals surface area (Å²) in [6, 6.07) is 1.32. The van der Waals surface area contributed by atoms with Crippen molar-refractivity contribution in [1.29, 1.82) is 0 Å². The van der Waals surface area contributed by atoms with E-state index in [0.29, 0.717) is 6.04 Å². The second-order valence-electron chi connectivity index (χ2n) is 5.73. The average molecular weight is 437 g/mol. The summed E-state index contributed by atoms with van der Waals surface area (Å²) in [5.41, 5.74) is 1.15. The van der Waals surface area contributed by atoms with Crippen molar-refractivity contribution in [2.75, 3.05) is 27.2 Å². The zero-order valence-electron chi connectivity index (χ0n) is 13.9. The van der Waals surface area contributed by atoms with Crippen LogP contribution in [0.15, 0.2) is 10.4 Å². The van der Waals surface area contributed by atoms with Crippen LogP contribution in [-0.4, -0.2) is 55.1 Å². The third-order valence-corrected chi connectivity index (χ3v) is 4.77. The summed E-state index contributed by atoms with van der Waals surface area (Å²) in [6.07, 6.45) is 3.63. The molecule has 0 saturated heterocycles. The Hall–Kier alpha value is -0.410. The number of thiazole rings is 1. The molecule has 1 aromatic heterocycles. The summed E-state index contributed by atoms with van der Waals surface area (Å²) in [7, 11) is 4.03. The van der Waals surface area contributed by atoms with Crippen molar-refractivity contribution in [3.8, 4) is 0 Å². The molecule has 1 saturated carbocycles. The third kappa shape index (κ3) is 6.37. The molecule has 0 spiro atoms. The number of guanidine groups is 1. The molecule has 1 fully saturated rings.